The molecule has 1 heterocycles. The molecule has 0 aliphatic rings. The highest BCUT2D eigenvalue weighted by atomic mass is 35.5. The topological polar surface area (TPSA) is 60.5 Å². The van der Waals surface area contributed by atoms with E-state index in [4.69, 9.17) is 21.1 Å². The van der Waals surface area contributed by atoms with E-state index >= 15 is 0 Å². The highest BCUT2D eigenvalue weighted by Gasteiger charge is 2.12. The predicted molar refractivity (Wildman–Crippen MR) is 99.0 cm³/mol. The van der Waals surface area contributed by atoms with Gasteiger partial charge < -0.3 is 14.8 Å². The minimum absolute atomic E-state index is 0.334. The van der Waals surface area contributed by atoms with Crippen molar-refractivity contribution in [3.05, 3.63) is 59.2 Å². The molecular weight excluding hydrogens is 340 g/mol. The summed E-state index contributed by atoms with van der Waals surface area (Å²) >= 11 is 6.37. The molecule has 0 bridgehead atoms. The van der Waals surface area contributed by atoms with Crippen molar-refractivity contribution in [3.8, 4) is 5.75 Å². The molecule has 0 fully saturated rings. The summed E-state index contributed by atoms with van der Waals surface area (Å²) in [6.45, 7) is 2.11. The van der Waals surface area contributed by atoms with Crippen LogP contribution in [0.2, 0.25) is 5.02 Å². The molecule has 2 aromatic carbocycles. The minimum atomic E-state index is -0.356. The van der Waals surface area contributed by atoms with Gasteiger partial charge >= 0.3 is 5.97 Å². The van der Waals surface area contributed by atoms with Crippen LogP contribution in [-0.4, -0.2) is 24.7 Å². The third kappa shape index (κ3) is 3.51. The summed E-state index contributed by atoms with van der Waals surface area (Å²) in [6.07, 6.45) is 1.68. The van der Waals surface area contributed by atoms with Crippen molar-refractivity contribution in [2.45, 2.75) is 6.92 Å². The first kappa shape index (κ1) is 17.0. The van der Waals surface area contributed by atoms with E-state index in [-0.39, 0.29) is 5.97 Å². The summed E-state index contributed by atoms with van der Waals surface area (Å²) < 4.78 is 10.4. The average molecular weight is 357 g/mol. The number of benzene rings is 2. The van der Waals surface area contributed by atoms with Crippen LogP contribution in [0.1, 0.15) is 17.3 Å². The van der Waals surface area contributed by atoms with E-state index in [0.717, 1.165) is 16.8 Å². The van der Waals surface area contributed by atoms with E-state index in [1.165, 1.54) is 0 Å². The number of nitrogens with zero attached hydrogens (tertiary/aromatic N) is 1. The highest BCUT2D eigenvalue weighted by molar-refractivity contribution is 6.36. The predicted octanol–water partition coefficient (Wildman–Crippen LogP) is 4.82. The van der Waals surface area contributed by atoms with Crippen molar-refractivity contribution in [2.24, 2.45) is 0 Å². The van der Waals surface area contributed by atoms with Crippen LogP contribution in [0.4, 0.5) is 11.4 Å². The number of hydrogen-bond acceptors (Lipinski definition) is 5. The molecule has 0 atom stereocenters. The second-order valence-electron chi connectivity index (χ2n) is 5.26. The second-order valence-corrected chi connectivity index (χ2v) is 5.67. The maximum Gasteiger partial charge on any atom is 0.338 e. The van der Waals surface area contributed by atoms with Gasteiger partial charge in [0.05, 0.1) is 30.0 Å². The molecule has 0 saturated heterocycles. The van der Waals surface area contributed by atoms with Crippen LogP contribution in [-0.2, 0) is 4.74 Å². The Bertz CT molecular complexity index is 928. The molecule has 1 aromatic heterocycles. The number of nitrogens with one attached hydrogen (secondary N) is 1. The van der Waals surface area contributed by atoms with Crippen LogP contribution in [0.3, 0.4) is 0 Å². The fourth-order valence-corrected chi connectivity index (χ4v) is 2.82. The molecule has 5 nitrogen and oxygen atoms in total. The average Bonchev–Trinajstić information content (AvgIpc) is 2.63. The SMILES string of the molecule is CCOC(=O)c1cccc(Nc2ccnc3c(OC)ccc(Cl)c23)c1. The first-order chi connectivity index (χ1) is 12.1. The zero-order valence-corrected chi connectivity index (χ0v) is 14.6. The normalized spacial score (nSPS) is 10.5. The van der Waals surface area contributed by atoms with E-state index < -0.39 is 0 Å². The number of methoxy groups -OCH3 is 1. The van der Waals surface area contributed by atoms with Crippen LogP contribution < -0.4 is 10.1 Å². The Morgan fingerprint density at radius 2 is 2.08 bits per heavy atom. The molecule has 0 radical (unpaired) electrons. The second kappa shape index (κ2) is 7.40. The van der Waals surface area contributed by atoms with Gasteiger partial charge in [0, 0.05) is 17.3 Å². The molecule has 0 aliphatic heterocycles. The van der Waals surface area contributed by atoms with Crippen molar-refractivity contribution in [1.29, 1.82) is 0 Å². The maximum absolute atomic E-state index is 11.9. The van der Waals surface area contributed by atoms with E-state index in [2.05, 4.69) is 10.3 Å². The van der Waals surface area contributed by atoms with Gasteiger partial charge in [-0.2, -0.15) is 0 Å². The molecule has 0 spiro atoms. The van der Waals surface area contributed by atoms with Gasteiger partial charge in [-0.25, -0.2) is 4.79 Å². The van der Waals surface area contributed by atoms with Gasteiger partial charge in [0.2, 0.25) is 0 Å². The standard InChI is InChI=1S/C19H17ClN2O3/c1-3-25-19(23)12-5-4-6-13(11-12)22-15-9-10-21-18-16(24-2)8-7-14(20)17(15)18/h4-11H,3H2,1-2H3,(H,21,22). The van der Waals surface area contributed by atoms with Crippen molar-refractivity contribution in [2.75, 3.05) is 19.0 Å². The number of fused-ring (bicyclic) bond motifs is 1. The number of rotatable bonds is 5. The first-order valence-corrected chi connectivity index (χ1v) is 8.17. The van der Waals surface area contributed by atoms with Crippen molar-refractivity contribution in [1.82, 2.24) is 4.98 Å². The maximum atomic E-state index is 11.9. The summed E-state index contributed by atoms with van der Waals surface area (Å²) in [5, 5.41) is 4.61. The number of anilines is 2. The van der Waals surface area contributed by atoms with Crippen molar-refractivity contribution >= 4 is 39.8 Å². The summed E-state index contributed by atoms with van der Waals surface area (Å²) in [6, 6.07) is 12.5. The quantitative estimate of drug-likeness (QED) is 0.664. The Hall–Kier alpha value is -2.79. The molecule has 128 valence electrons. The number of pyridine rings is 1. The smallest absolute Gasteiger partial charge is 0.338 e. The molecular formula is C19H17ClN2O3. The molecule has 3 rings (SSSR count). The first-order valence-electron chi connectivity index (χ1n) is 7.79. The molecule has 0 aliphatic carbocycles. The third-order valence-electron chi connectivity index (χ3n) is 3.68. The molecule has 3 aromatic rings. The summed E-state index contributed by atoms with van der Waals surface area (Å²) in [4.78, 5) is 16.3. The van der Waals surface area contributed by atoms with Crippen LogP contribution >= 0.6 is 11.6 Å². The molecule has 0 saturated carbocycles. The molecule has 0 unspecified atom stereocenters. The Morgan fingerprint density at radius 3 is 2.84 bits per heavy atom. The Labute approximate surface area is 150 Å². The third-order valence-corrected chi connectivity index (χ3v) is 3.99. The molecule has 6 heteroatoms. The fourth-order valence-electron chi connectivity index (χ4n) is 2.56. The Balaban J connectivity index is 2.02. The van der Waals surface area contributed by atoms with Crippen LogP contribution in [0.5, 0.6) is 5.75 Å². The highest BCUT2D eigenvalue weighted by Crippen LogP contribution is 2.36. The van der Waals surface area contributed by atoms with Crippen LogP contribution in [0.15, 0.2) is 48.7 Å². The molecule has 1 N–H and O–H groups in total. The summed E-state index contributed by atoms with van der Waals surface area (Å²) in [7, 11) is 1.59. The van der Waals surface area contributed by atoms with Gasteiger partial charge in [0.25, 0.3) is 0 Å². The lowest BCUT2D eigenvalue weighted by atomic mass is 10.1. The Kier molecular flexibility index (Phi) is 5.05. The number of carbonyl (C=O) groups excluding carboxylic acids is 1. The van der Waals surface area contributed by atoms with Gasteiger partial charge in [-0.3, -0.25) is 4.98 Å². The van der Waals surface area contributed by atoms with Gasteiger partial charge in [-0.15, -0.1) is 0 Å². The number of hydrogen-bond donors (Lipinski definition) is 1. The van der Waals surface area contributed by atoms with E-state index in [0.29, 0.717) is 28.5 Å². The monoisotopic (exact) mass is 356 g/mol. The van der Waals surface area contributed by atoms with E-state index in [1.54, 1.807) is 50.6 Å². The number of esters is 1. The van der Waals surface area contributed by atoms with E-state index in [9.17, 15) is 4.79 Å². The number of carbonyl (C=O) groups is 1. The lowest BCUT2D eigenvalue weighted by Crippen LogP contribution is -2.05. The van der Waals surface area contributed by atoms with Gasteiger partial charge in [0.1, 0.15) is 11.3 Å². The van der Waals surface area contributed by atoms with Gasteiger partial charge in [-0.1, -0.05) is 17.7 Å². The molecule has 0 amide bonds. The largest absolute Gasteiger partial charge is 0.494 e. The van der Waals surface area contributed by atoms with Gasteiger partial charge in [0.15, 0.2) is 0 Å². The Morgan fingerprint density at radius 1 is 1.24 bits per heavy atom. The van der Waals surface area contributed by atoms with E-state index in [1.807, 2.05) is 12.1 Å². The van der Waals surface area contributed by atoms with Crippen LogP contribution in [0.25, 0.3) is 10.9 Å². The zero-order valence-electron chi connectivity index (χ0n) is 13.9. The lowest BCUT2D eigenvalue weighted by Gasteiger charge is -2.13. The van der Waals surface area contributed by atoms with Crippen molar-refractivity contribution < 1.29 is 14.3 Å². The minimum Gasteiger partial charge on any atom is -0.494 e. The van der Waals surface area contributed by atoms with Crippen LogP contribution in [0, 0.1) is 0 Å². The molecule has 25 heavy (non-hydrogen) atoms. The number of ether oxygens (including phenoxy) is 2. The summed E-state index contributed by atoms with van der Waals surface area (Å²) in [5.41, 5.74) is 2.67. The number of halogens is 1. The van der Waals surface area contributed by atoms with Crippen molar-refractivity contribution in [3.63, 3.8) is 0 Å². The zero-order chi connectivity index (χ0) is 17.8. The fraction of sp³-hybridized carbons (Fsp3) is 0.158. The number of aromatic nitrogens is 1. The lowest BCUT2D eigenvalue weighted by molar-refractivity contribution is 0.0526. The van der Waals surface area contributed by atoms with Gasteiger partial charge in [-0.05, 0) is 43.3 Å². The summed E-state index contributed by atoms with van der Waals surface area (Å²) in [5.74, 6) is 0.286.